The summed E-state index contributed by atoms with van der Waals surface area (Å²) >= 11 is 0. The second-order valence-electron chi connectivity index (χ2n) is 4.40. The van der Waals surface area contributed by atoms with Crippen molar-refractivity contribution in [2.24, 2.45) is 0 Å². The van der Waals surface area contributed by atoms with Crippen LogP contribution in [0, 0.1) is 0 Å². The van der Waals surface area contributed by atoms with Crippen molar-refractivity contribution in [1.82, 2.24) is 0 Å². The van der Waals surface area contributed by atoms with Crippen LogP contribution in [0.2, 0.25) is 0 Å². The largest absolute Gasteiger partial charge is 0.294 e. The molecule has 2 rings (SSSR count). The standard InChI is InChI=1S/C17H18O/c1-3-13-5-7-14(8-6-13)15-9-11-16(12-10-15)17(18)4-2/h5-12H,3-4H2,1-2H3. The van der Waals surface area contributed by atoms with Gasteiger partial charge in [-0.15, -0.1) is 0 Å². The van der Waals surface area contributed by atoms with Crippen LogP contribution in [0.15, 0.2) is 48.5 Å². The summed E-state index contributed by atoms with van der Waals surface area (Å²) in [6.45, 7) is 4.04. The number of carbonyl (C=O) groups excluding carboxylic acids is 1. The third kappa shape index (κ3) is 2.67. The Kier molecular flexibility index (Phi) is 3.93. The van der Waals surface area contributed by atoms with Crippen LogP contribution in [0.1, 0.15) is 36.2 Å². The van der Waals surface area contributed by atoms with Crippen LogP contribution in [0.5, 0.6) is 0 Å². The Labute approximate surface area is 108 Å². The highest BCUT2D eigenvalue weighted by atomic mass is 16.1. The first kappa shape index (κ1) is 12.6. The molecule has 2 aromatic rings. The number of ketones is 1. The lowest BCUT2D eigenvalue weighted by atomic mass is 10.0. The van der Waals surface area contributed by atoms with Crippen molar-refractivity contribution in [2.45, 2.75) is 26.7 Å². The van der Waals surface area contributed by atoms with Gasteiger partial charge in [0.05, 0.1) is 0 Å². The maximum atomic E-state index is 11.5. The highest BCUT2D eigenvalue weighted by Crippen LogP contribution is 2.21. The van der Waals surface area contributed by atoms with E-state index in [0.717, 1.165) is 17.5 Å². The van der Waals surface area contributed by atoms with Crippen LogP contribution >= 0.6 is 0 Å². The Balaban J connectivity index is 2.25. The van der Waals surface area contributed by atoms with E-state index in [1.54, 1.807) is 0 Å². The molecule has 0 radical (unpaired) electrons. The molecule has 0 spiro atoms. The van der Waals surface area contributed by atoms with E-state index >= 15 is 0 Å². The molecule has 0 aromatic heterocycles. The van der Waals surface area contributed by atoms with Crippen LogP contribution in [0.3, 0.4) is 0 Å². The second kappa shape index (κ2) is 5.63. The Morgan fingerprint density at radius 3 is 1.78 bits per heavy atom. The molecule has 1 nitrogen and oxygen atoms in total. The SMILES string of the molecule is CCC(=O)c1ccc(-c2ccc(CC)cc2)cc1. The van der Waals surface area contributed by atoms with Crippen LogP contribution < -0.4 is 0 Å². The van der Waals surface area contributed by atoms with Crippen molar-refractivity contribution in [1.29, 1.82) is 0 Å². The van der Waals surface area contributed by atoms with E-state index < -0.39 is 0 Å². The van der Waals surface area contributed by atoms with Crippen LogP contribution in [0.4, 0.5) is 0 Å². The number of carbonyl (C=O) groups is 1. The minimum Gasteiger partial charge on any atom is -0.294 e. The number of rotatable bonds is 4. The highest BCUT2D eigenvalue weighted by Gasteiger charge is 2.03. The quantitative estimate of drug-likeness (QED) is 0.716. The first-order valence-corrected chi connectivity index (χ1v) is 6.47. The molecule has 92 valence electrons. The monoisotopic (exact) mass is 238 g/mol. The summed E-state index contributed by atoms with van der Waals surface area (Å²) < 4.78 is 0. The van der Waals surface area contributed by atoms with Gasteiger partial charge in [0.15, 0.2) is 5.78 Å². The number of hydrogen-bond donors (Lipinski definition) is 0. The average molecular weight is 238 g/mol. The maximum Gasteiger partial charge on any atom is 0.162 e. The molecule has 0 aliphatic rings. The number of aryl methyl sites for hydroxylation is 1. The van der Waals surface area contributed by atoms with Gasteiger partial charge in [-0.05, 0) is 23.1 Å². The zero-order valence-corrected chi connectivity index (χ0v) is 10.9. The molecule has 0 saturated carbocycles. The van der Waals surface area contributed by atoms with Crippen molar-refractivity contribution in [2.75, 3.05) is 0 Å². The summed E-state index contributed by atoms with van der Waals surface area (Å²) in [6, 6.07) is 16.4. The van der Waals surface area contributed by atoms with Gasteiger partial charge in [-0.1, -0.05) is 62.4 Å². The highest BCUT2D eigenvalue weighted by molar-refractivity contribution is 5.96. The molecule has 0 aliphatic heterocycles. The molecule has 0 bridgehead atoms. The predicted octanol–water partition coefficient (Wildman–Crippen LogP) is 4.51. The molecule has 0 atom stereocenters. The summed E-state index contributed by atoms with van der Waals surface area (Å²) in [5.41, 5.74) is 4.50. The van der Waals surface area contributed by atoms with Crippen molar-refractivity contribution in [3.05, 3.63) is 59.7 Å². The van der Waals surface area contributed by atoms with Gasteiger partial charge in [-0.25, -0.2) is 0 Å². The smallest absolute Gasteiger partial charge is 0.162 e. The third-order valence-corrected chi connectivity index (χ3v) is 3.22. The van der Waals surface area contributed by atoms with E-state index in [1.807, 2.05) is 31.2 Å². The van der Waals surface area contributed by atoms with E-state index in [-0.39, 0.29) is 5.78 Å². The zero-order chi connectivity index (χ0) is 13.0. The lowest BCUT2D eigenvalue weighted by Gasteiger charge is -2.04. The summed E-state index contributed by atoms with van der Waals surface area (Å²) in [4.78, 5) is 11.5. The van der Waals surface area contributed by atoms with Gasteiger partial charge in [0, 0.05) is 12.0 Å². The molecule has 0 aliphatic carbocycles. The van der Waals surface area contributed by atoms with E-state index in [1.165, 1.54) is 11.1 Å². The minimum absolute atomic E-state index is 0.197. The lowest BCUT2D eigenvalue weighted by molar-refractivity contribution is 0.0988. The molecule has 0 saturated heterocycles. The fourth-order valence-corrected chi connectivity index (χ4v) is 1.99. The van der Waals surface area contributed by atoms with Crippen molar-refractivity contribution in [3.8, 4) is 11.1 Å². The topological polar surface area (TPSA) is 17.1 Å². The Bertz CT molecular complexity index is 521. The van der Waals surface area contributed by atoms with Crippen molar-refractivity contribution >= 4 is 5.78 Å². The summed E-state index contributed by atoms with van der Waals surface area (Å²) in [5.74, 6) is 0.197. The fraction of sp³-hybridized carbons (Fsp3) is 0.235. The molecule has 18 heavy (non-hydrogen) atoms. The van der Waals surface area contributed by atoms with Gasteiger partial charge in [0.1, 0.15) is 0 Å². The zero-order valence-electron chi connectivity index (χ0n) is 10.9. The van der Waals surface area contributed by atoms with Gasteiger partial charge in [-0.3, -0.25) is 4.79 Å². The molecule has 0 heterocycles. The summed E-state index contributed by atoms with van der Waals surface area (Å²) in [7, 11) is 0. The molecule has 0 fully saturated rings. The lowest BCUT2D eigenvalue weighted by Crippen LogP contribution is -1.95. The molecule has 1 heteroatoms. The summed E-state index contributed by atoms with van der Waals surface area (Å²) in [5, 5.41) is 0. The van der Waals surface area contributed by atoms with E-state index in [4.69, 9.17) is 0 Å². The van der Waals surface area contributed by atoms with Crippen LogP contribution in [-0.4, -0.2) is 5.78 Å². The number of Topliss-reactive ketones (excluding diaryl/α,β-unsaturated/α-hetero) is 1. The number of hydrogen-bond acceptors (Lipinski definition) is 1. The second-order valence-corrected chi connectivity index (χ2v) is 4.40. The Hall–Kier alpha value is -1.89. The Morgan fingerprint density at radius 1 is 0.833 bits per heavy atom. The van der Waals surface area contributed by atoms with Gasteiger partial charge < -0.3 is 0 Å². The molecular weight excluding hydrogens is 220 g/mol. The third-order valence-electron chi connectivity index (χ3n) is 3.22. The van der Waals surface area contributed by atoms with Crippen LogP contribution in [0.25, 0.3) is 11.1 Å². The minimum atomic E-state index is 0.197. The van der Waals surface area contributed by atoms with E-state index in [2.05, 4.69) is 31.2 Å². The molecular formula is C17H18O. The Morgan fingerprint density at radius 2 is 1.33 bits per heavy atom. The normalized spacial score (nSPS) is 10.3. The predicted molar refractivity (Wildman–Crippen MR) is 75.9 cm³/mol. The molecule has 0 N–H and O–H groups in total. The van der Waals surface area contributed by atoms with Gasteiger partial charge in [0.2, 0.25) is 0 Å². The average Bonchev–Trinajstić information content (AvgIpc) is 2.47. The summed E-state index contributed by atoms with van der Waals surface area (Å²) in [6.07, 6.45) is 1.62. The van der Waals surface area contributed by atoms with Gasteiger partial charge >= 0.3 is 0 Å². The molecule has 2 aromatic carbocycles. The van der Waals surface area contributed by atoms with Crippen LogP contribution in [-0.2, 0) is 6.42 Å². The van der Waals surface area contributed by atoms with Gasteiger partial charge in [0.25, 0.3) is 0 Å². The first-order chi connectivity index (χ1) is 8.74. The van der Waals surface area contributed by atoms with E-state index in [9.17, 15) is 4.79 Å². The van der Waals surface area contributed by atoms with Crippen molar-refractivity contribution in [3.63, 3.8) is 0 Å². The fourth-order valence-electron chi connectivity index (χ4n) is 1.99. The first-order valence-electron chi connectivity index (χ1n) is 6.47. The van der Waals surface area contributed by atoms with E-state index in [0.29, 0.717) is 6.42 Å². The van der Waals surface area contributed by atoms with Crippen molar-refractivity contribution < 1.29 is 4.79 Å². The molecule has 0 amide bonds. The van der Waals surface area contributed by atoms with Gasteiger partial charge in [-0.2, -0.15) is 0 Å². The molecule has 0 unspecified atom stereocenters. The maximum absolute atomic E-state index is 11.5. The number of benzene rings is 2.